The fourth-order valence-corrected chi connectivity index (χ4v) is 1.84. The zero-order chi connectivity index (χ0) is 15.4. The van der Waals surface area contributed by atoms with E-state index in [1.165, 1.54) is 31.4 Å². The third-order valence-corrected chi connectivity index (χ3v) is 2.96. The zero-order valence-electron chi connectivity index (χ0n) is 11.7. The Balaban J connectivity index is 2.05. The number of esters is 1. The summed E-state index contributed by atoms with van der Waals surface area (Å²) in [6.07, 6.45) is 0. The van der Waals surface area contributed by atoms with Gasteiger partial charge in [0, 0.05) is 0 Å². The fourth-order valence-electron chi connectivity index (χ4n) is 1.84. The molecule has 0 amide bonds. The number of hydrogen-bond acceptors (Lipinski definition) is 4. The topological polar surface area (TPSA) is 55.8 Å². The van der Waals surface area contributed by atoms with Crippen molar-refractivity contribution in [1.29, 1.82) is 0 Å². The first-order valence-electron chi connectivity index (χ1n) is 6.30. The molecule has 0 aliphatic heterocycles. The summed E-state index contributed by atoms with van der Waals surface area (Å²) >= 11 is 0. The minimum atomic E-state index is -0.663. The van der Waals surface area contributed by atoms with E-state index in [1.807, 2.05) is 0 Å². The van der Waals surface area contributed by atoms with Gasteiger partial charge in [0.15, 0.2) is 11.6 Å². The Morgan fingerprint density at radius 3 is 2.62 bits per heavy atom. The van der Waals surface area contributed by atoms with Crippen LogP contribution in [0.25, 0.3) is 0 Å². The summed E-state index contributed by atoms with van der Waals surface area (Å²) in [5, 5.41) is 9.69. The summed E-state index contributed by atoms with van der Waals surface area (Å²) in [5.74, 6) is -1.20. The van der Waals surface area contributed by atoms with Crippen LogP contribution in [0.3, 0.4) is 0 Å². The molecule has 0 aliphatic carbocycles. The summed E-state index contributed by atoms with van der Waals surface area (Å²) in [5.41, 5.74) is 1.41. The van der Waals surface area contributed by atoms with E-state index in [0.717, 1.165) is 5.56 Å². The highest BCUT2D eigenvalue weighted by Crippen LogP contribution is 2.21. The Kier molecular flexibility index (Phi) is 4.42. The molecule has 0 fully saturated rings. The van der Waals surface area contributed by atoms with E-state index in [1.54, 1.807) is 19.1 Å². The molecule has 2 rings (SSSR count). The molecule has 0 heterocycles. The predicted octanol–water partition coefficient (Wildman–Crippen LogP) is 3.21. The van der Waals surface area contributed by atoms with Crippen LogP contribution in [0.15, 0.2) is 36.4 Å². The Morgan fingerprint density at radius 2 is 2.00 bits per heavy atom. The van der Waals surface area contributed by atoms with Crippen molar-refractivity contribution in [2.75, 3.05) is 7.11 Å². The lowest BCUT2D eigenvalue weighted by molar-refractivity contribution is 0.0469. The van der Waals surface area contributed by atoms with Gasteiger partial charge in [-0.15, -0.1) is 0 Å². The number of halogens is 1. The fraction of sp³-hybridized carbons (Fsp3) is 0.188. The lowest BCUT2D eigenvalue weighted by atomic mass is 10.1. The minimum absolute atomic E-state index is 0.0783. The number of carbonyl (C=O) groups is 1. The van der Waals surface area contributed by atoms with E-state index in [4.69, 9.17) is 9.47 Å². The molecule has 0 radical (unpaired) electrons. The molecule has 2 aromatic carbocycles. The van der Waals surface area contributed by atoms with Crippen LogP contribution in [0.4, 0.5) is 4.39 Å². The second kappa shape index (κ2) is 6.26. The molecule has 0 bridgehead atoms. The smallest absolute Gasteiger partial charge is 0.342 e. The lowest BCUT2D eigenvalue weighted by Crippen LogP contribution is -2.06. The number of phenolic OH excluding ortho intramolecular Hbond substituents is 1. The number of rotatable bonds is 4. The van der Waals surface area contributed by atoms with E-state index in [-0.39, 0.29) is 23.7 Å². The quantitative estimate of drug-likeness (QED) is 0.878. The number of aromatic hydroxyl groups is 1. The highest BCUT2D eigenvalue weighted by Gasteiger charge is 2.13. The summed E-state index contributed by atoms with van der Waals surface area (Å²) in [6.45, 7) is 1.71. The van der Waals surface area contributed by atoms with Crippen LogP contribution >= 0.6 is 0 Å². The molecule has 0 atom stereocenters. The molecule has 0 aromatic heterocycles. The van der Waals surface area contributed by atoms with Crippen molar-refractivity contribution in [1.82, 2.24) is 0 Å². The Bertz CT molecular complexity index is 667. The van der Waals surface area contributed by atoms with Gasteiger partial charge < -0.3 is 14.6 Å². The van der Waals surface area contributed by atoms with Gasteiger partial charge in [0.2, 0.25) is 0 Å². The first-order chi connectivity index (χ1) is 10.0. The van der Waals surface area contributed by atoms with Gasteiger partial charge in [0.05, 0.1) is 7.11 Å². The summed E-state index contributed by atoms with van der Waals surface area (Å²) in [6, 6.07) is 8.96. The van der Waals surface area contributed by atoms with E-state index >= 15 is 0 Å². The minimum Gasteiger partial charge on any atom is -0.507 e. The molecule has 110 valence electrons. The van der Waals surface area contributed by atoms with Crippen LogP contribution in [-0.4, -0.2) is 18.2 Å². The maximum absolute atomic E-state index is 13.5. The van der Waals surface area contributed by atoms with Gasteiger partial charge in [-0.25, -0.2) is 9.18 Å². The first kappa shape index (κ1) is 14.8. The maximum atomic E-state index is 13.5. The van der Waals surface area contributed by atoms with Crippen molar-refractivity contribution in [3.05, 3.63) is 58.9 Å². The monoisotopic (exact) mass is 290 g/mol. The summed E-state index contributed by atoms with van der Waals surface area (Å²) < 4.78 is 23.4. The molecule has 2 aromatic rings. The highest BCUT2D eigenvalue weighted by atomic mass is 19.1. The largest absolute Gasteiger partial charge is 0.507 e. The van der Waals surface area contributed by atoms with Crippen LogP contribution in [0.2, 0.25) is 0 Å². The van der Waals surface area contributed by atoms with Gasteiger partial charge in [0.25, 0.3) is 0 Å². The van der Waals surface area contributed by atoms with E-state index in [2.05, 4.69) is 0 Å². The van der Waals surface area contributed by atoms with Crippen molar-refractivity contribution < 1.29 is 23.8 Å². The molecule has 0 saturated heterocycles. The maximum Gasteiger partial charge on any atom is 0.342 e. The van der Waals surface area contributed by atoms with Gasteiger partial charge in [-0.3, -0.25) is 0 Å². The molecule has 0 saturated carbocycles. The number of carbonyl (C=O) groups excluding carboxylic acids is 1. The van der Waals surface area contributed by atoms with E-state index in [0.29, 0.717) is 5.56 Å². The van der Waals surface area contributed by atoms with Crippen LogP contribution in [-0.2, 0) is 11.3 Å². The zero-order valence-corrected chi connectivity index (χ0v) is 11.7. The van der Waals surface area contributed by atoms with Gasteiger partial charge in [0.1, 0.15) is 17.9 Å². The van der Waals surface area contributed by atoms with Crippen molar-refractivity contribution in [3.8, 4) is 11.5 Å². The molecular formula is C16H15FO4. The summed E-state index contributed by atoms with van der Waals surface area (Å²) in [7, 11) is 1.37. The molecule has 0 aliphatic rings. The highest BCUT2D eigenvalue weighted by molar-refractivity contribution is 5.92. The lowest BCUT2D eigenvalue weighted by Gasteiger charge is -2.08. The van der Waals surface area contributed by atoms with E-state index < -0.39 is 11.8 Å². The average Bonchev–Trinajstić information content (AvgIpc) is 2.45. The Morgan fingerprint density at radius 1 is 1.24 bits per heavy atom. The molecule has 5 heteroatoms. The van der Waals surface area contributed by atoms with Gasteiger partial charge in [-0.05, 0) is 42.3 Å². The second-order valence-corrected chi connectivity index (χ2v) is 4.57. The average molecular weight is 290 g/mol. The van der Waals surface area contributed by atoms with Crippen LogP contribution in [0.5, 0.6) is 11.5 Å². The number of benzene rings is 2. The van der Waals surface area contributed by atoms with Crippen molar-refractivity contribution >= 4 is 5.97 Å². The van der Waals surface area contributed by atoms with Crippen molar-refractivity contribution in [3.63, 3.8) is 0 Å². The third-order valence-electron chi connectivity index (χ3n) is 2.96. The normalized spacial score (nSPS) is 10.2. The van der Waals surface area contributed by atoms with Crippen molar-refractivity contribution in [2.45, 2.75) is 13.5 Å². The second-order valence-electron chi connectivity index (χ2n) is 4.57. The molecule has 4 nitrogen and oxygen atoms in total. The SMILES string of the molecule is COc1ccc(COC(=O)c2ccc(C)cc2O)cc1F. The molecule has 0 spiro atoms. The standard InChI is InChI=1S/C16H15FO4/c1-10-3-5-12(14(18)7-10)16(19)21-9-11-4-6-15(20-2)13(17)8-11/h3-8,18H,9H2,1-2H3. The molecule has 0 unspecified atom stereocenters. The Hall–Kier alpha value is -2.56. The number of phenols is 1. The number of aryl methyl sites for hydroxylation is 1. The van der Waals surface area contributed by atoms with E-state index in [9.17, 15) is 14.3 Å². The van der Waals surface area contributed by atoms with Crippen molar-refractivity contribution in [2.24, 2.45) is 0 Å². The predicted molar refractivity (Wildman–Crippen MR) is 74.9 cm³/mol. The van der Waals surface area contributed by atoms with Crippen LogP contribution in [0, 0.1) is 12.7 Å². The van der Waals surface area contributed by atoms with Gasteiger partial charge >= 0.3 is 5.97 Å². The molecular weight excluding hydrogens is 275 g/mol. The molecule has 21 heavy (non-hydrogen) atoms. The number of methoxy groups -OCH3 is 1. The van der Waals surface area contributed by atoms with Crippen LogP contribution < -0.4 is 4.74 Å². The number of ether oxygens (including phenoxy) is 2. The first-order valence-corrected chi connectivity index (χ1v) is 6.30. The Labute approximate surface area is 121 Å². The molecule has 1 N–H and O–H groups in total. The van der Waals surface area contributed by atoms with Gasteiger partial charge in [-0.2, -0.15) is 0 Å². The third kappa shape index (κ3) is 3.51. The van der Waals surface area contributed by atoms with Gasteiger partial charge in [-0.1, -0.05) is 12.1 Å². The summed E-state index contributed by atoms with van der Waals surface area (Å²) in [4.78, 5) is 11.9. The number of hydrogen-bond donors (Lipinski definition) is 1. The van der Waals surface area contributed by atoms with Crippen LogP contribution in [0.1, 0.15) is 21.5 Å².